The molecular weight excluding hydrogens is 278 g/mol. The van der Waals surface area contributed by atoms with Crippen LogP contribution >= 0.6 is 0 Å². The molecule has 0 bridgehead atoms. The highest BCUT2D eigenvalue weighted by Gasteiger charge is 2.15. The molecule has 0 spiro atoms. The molecule has 0 radical (unpaired) electrons. The summed E-state index contributed by atoms with van der Waals surface area (Å²) in [6.07, 6.45) is 2.30. The van der Waals surface area contributed by atoms with E-state index in [2.05, 4.69) is 19.9 Å². The summed E-state index contributed by atoms with van der Waals surface area (Å²) in [6, 6.07) is 8.30. The van der Waals surface area contributed by atoms with Crippen LogP contribution in [0.4, 0.5) is 0 Å². The first kappa shape index (κ1) is 18.3. The Morgan fingerprint density at radius 1 is 1.14 bits per heavy atom. The minimum absolute atomic E-state index is 0.361. The van der Waals surface area contributed by atoms with Crippen molar-refractivity contribution in [3.05, 3.63) is 23.8 Å². The van der Waals surface area contributed by atoms with Crippen molar-refractivity contribution in [2.45, 2.75) is 33.1 Å². The van der Waals surface area contributed by atoms with Crippen LogP contribution in [-0.2, 0) is 11.2 Å². The number of hydrogen-bond donors (Lipinski definition) is 0. The van der Waals surface area contributed by atoms with Crippen LogP contribution in [0.2, 0.25) is 0 Å². The fraction of sp³-hybridized carbons (Fsp3) is 0.611. The summed E-state index contributed by atoms with van der Waals surface area (Å²) in [5, 5.41) is 8.96. The SMILES string of the molecule is COCCCOc1cc(C[C@@H](CC#N)C(C)C)ccc1OC. The number of nitrogens with zero attached hydrogens (tertiary/aromatic N) is 1. The van der Waals surface area contributed by atoms with E-state index in [0.29, 0.717) is 31.5 Å². The number of benzene rings is 1. The summed E-state index contributed by atoms with van der Waals surface area (Å²) >= 11 is 0. The first-order valence-electron chi connectivity index (χ1n) is 7.78. The molecule has 4 nitrogen and oxygen atoms in total. The number of methoxy groups -OCH3 is 2. The van der Waals surface area contributed by atoms with Crippen LogP contribution in [0.3, 0.4) is 0 Å². The third-order valence-electron chi connectivity index (χ3n) is 3.77. The lowest BCUT2D eigenvalue weighted by Crippen LogP contribution is -2.11. The van der Waals surface area contributed by atoms with Crippen molar-refractivity contribution < 1.29 is 14.2 Å². The average Bonchev–Trinajstić information content (AvgIpc) is 2.51. The highest BCUT2D eigenvalue weighted by molar-refractivity contribution is 5.43. The molecule has 0 aliphatic rings. The molecule has 1 rings (SSSR count). The Morgan fingerprint density at radius 2 is 1.91 bits per heavy atom. The van der Waals surface area contributed by atoms with Gasteiger partial charge in [-0.3, -0.25) is 0 Å². The molecule has 22 heavy (non-hydrogen) atoms. The Labute approximate surface area is 134 Å². The number of hydrogen-bond acceptors (Lipinski definition) is 4. The molecule has 0 aromatic heterocycles. The van der Waals surface area contributed by atoms with Crippen molar-refractivity contribution in [1.29, 1.82) is 5.26 Å². The number of nitriles is 1. The normalized spacial score (nSPS) is 12.0. The van der Waals surface area contributed by atoms with Gasteiger partial charge in [-0.2, -0.15) is 5.26 Å². The molecule has 0 N–H and O–H groups in total. The Kier molecular flexibility index (Phi) is 8.39. The minimum atomic E-state index is 0.361. The fourth-order valence-corrected chi connectivity index (χ4v) is 2.31. The molecule has 0 saturated heterocycles. The van der Waals surface area contributed by atoms with Crippen molar-refractivity contribution in [3.8, 4) is 17.6 Å². The molecule has 0 aliphatic carbocycles. The van der Waals surface area contributed by atoms with E-state index in [-0.39, 0.29) is 0 Å². The molecule has 1 atom stereocenters. The summed E-state index contributed by atoms with van der Waals surface area (Å²) in [4.78, 5) is 0. The van der Waals surface area contributed by atoms with Crippen molar-refractivity contribution in [3.63, 3.8) is 0 Å². The maximum absolute atomic E-state index is 8.96. The maximum Gasteiger partial charge on any atom is 0.161 e. The van der Waals surface area contributed by atoms with E-state index in [1.165, 1.54) is 5.56 Å². The molecule has 4 heteroatoms. The zero-order valence-electron chi connectivity index (χ0n) is 14.1. The van der Waals surface area contributed by atoms with Crippen LogP contribution in [0, 0.1) is 23.2 Å². The summed E-state index contributed by atoms with van der Waals surface area (Å²) in [7, 11) is 3.33. The maximum atomic E-state index is 8.96. The van der Waals surface area contributed by atoms with E-state index in [9.17, 15) is 0 Å². The van der Waals surface area contributed by atoms with Crippen LogP contribution in [0.25, 0.3) is 0 Å². The molecule has 1 aromatic carbocycles. The van der Waals surface area contributed by atoms with Gasteiger partial charge in [-0.05, 0) is 36.0 Å². The molecule has 1 aromatic rings. The summed E-state index contributed by atoms with van der Waals surface area (Å²) in [6.45, 7) is 5.60. The van der Waals surface area contributed by atoms with Crippen molar-refractivity contribution in [2.75, 3.05) is 27.4 Å². The van der Waals surface area contributed by atoms with Gasteiger partial charge in [0.05, 0.1) is 19.8 Å². The van der Waals surface area contributed by atoms with Gasteiger partial charge in [-0.25, -0.2) is 0 Å². The van der Waals surface area contributed by atoms with E-state index in [1.54, 1.807) is 14.2 Å². The van der Waals surface area contributed by atoms with Gasteiger partial charge in [0.1, 0.15) is 0 Å². The molecule has 0 unspecified atom stereocenters. The zero-order valence-corrected chi connectivity index (χ0v) is 14.1. The zero-order chi connectivity index (χ0) is 16.4. The summed E-state index contributed by atoms with van der Waals surface area (Å²) < 4.78 is 16.2. The van der Waals surface area contributed by atoms with Crippen LogP contribution < -0.4 is 9.47 Å². The second-order valence-electron chi connectivity index (χ2n) is 5.75. The van der Waals surface area contributed by atoms with E-state index < -0.39 is 0 Å². The standard InChI is InChI=1S/C18H27NO3/c1-14(2)16(8-9-19)12-15-6-7-17(21-4)18(13-15)22-11-5-10-20-3/h6-7,13-14,16H,5,8,10-12H2,1-4H3/t16-/m1/s1. The first-order chi connectivity index (χ1) is 10.6. The molecule has 0 aliphatic heterocycles. The summed E-state index contributed by atoms with van der Waals surface area (Å²) in [5.74, 6) is 2.34. The molecular formula is C18H27NO3. The third-order valence-corrected chi connectivity index (χ3v) is 3.77. The van der Waals surface area contributed by atoms with E-state index in [0.717, 1.165) is 24.3 Å². The predicted molar refractivity (Wildman–Crippen MR) is 87.2 cm³/mol. The Hall–Kier alpha value is -1.73. The number of rotatable bonds is 10. The summed E-state index contributed by atoms with van der Waals surface area (Å²) in [5.41, 5.74) is 1.18. The van der Waals surface area contributed by atoms with Crippen molar-refractivity contribution in [1.82, 2.24) is 0 Å². The highest BCUT2D eigenvalue weighted by Crippen LogP contribution is 2.30. The second kappa shape index (κ2) is 10.1. The van der Waals surface area contributed by atoms with Crippen LogP contribution in [0.15, 0.2) is 18.2 Å². The predicted octanol–water partition coefficient (Wildman–Crippen LogP) is 3.84. The monoisotopic (exact) mass is 305 g/mol. The first-order valence-corrected chi connectivity index (χ1v) is 7.78. The van der Waals surface area contributed by atoms with Gasteiger partial charge >= 0.3 is 0 Å². The lowest BCUT2D eigenvalue weighted by atomic mass is 9.87. The molecule has 0 amide bonds. The average molecular weight is 305 g/mol. The molecule has 0 saturated carbocycles. The van der Waals surface area contributed by atoms with E-state index in [4.69, 9.17) is 19.5 Å². The van der Waals surface area contributed by atoms with Gasteiger partial charge in [0.2, 0.25) is 0 Å². The Bertz CT molecular complexity index is 480. The Morgan fingerprint density at radius 3 is 2.50 bits per heavy atom. The largest absolute Gasteiger partial charge is 0.493 e. The smallest absolute Gasteiger partial charge is 0.161 e. The minimum Gasteiger partial charge on any atom is -0.493 e. The van der Waals surface area contributed by atoms with Crippen LogP contribution in [-0.4, -0.2) is 27.4 Å². The van der Waals surface area contributed by atoms with E-state index in [1.807, 2.05) is 18.2 Å². The van der Waals surface area contributed by atoms with Gasteiger partial charge in [0.25, 0.3) is 0 Å². The van der Waals surface area contributed by atoms with E-state index >= 15 is 0 Å². The number of ether oxygens (including phenoxy) is 3. The molecule has 0 heterocycles. The molecule has 0 fully saturated rings. The van der Waals surface area contributed by atoms with Crippen molar-refractivity contribution >= 4 is 0 Å². The van der Waals surface area contributed by atoms with Gasteiger partial charge in [0.15, 0.2) is 11.5 Å². The van der Waals surface area contributed by atoms with Gasteiger partial charge < -0.3 is 14.2 Å². The van der Waals surface area contributed by atoms with Crippen LogP contribution in [0.1, 0.15) is 32.3 Å². The van der Waals surface area contributed by atoms with Gasteiger partial charge in [-0.1, -0.05) is 19.9 Å². The second-order valence-corrected chi connectivity index (χ2v) is 5.75. The lowest BCUT2D eigenvalue weighted by molar-refractivity contribution is 0.170. The van der Waals surface area contributed by atoms with Gasteiger partial charge in [0, 0.05) is 26.6 Å². The van der Waals surface area contributed by atoms with Crippen molar-refractivity contribution in [2.24, 2.45) is 11.8 Å². The quantitative estimate of drug-likeness (QED) is 0.616. The fourth-order valence-electron chi connectivity index (χ4n) is 2.31. The van der Waals surface area contributed by atoms with Crippen LogP contribution in [0.5, 0.6) is 11.5 Å². The third kappa shape index (κ3) is 5.95. The van der Waals surface area contributed by atoms with Gasteiger partial charge in [-0.15, -0.1) is 0 Å². The molecule has 122 valence electrons. The lowest BCUT2D eigenvalue weighted by Gasteiger charge is -2.19. The topological polar surface area (TPSA) is 51.5 Å². The Balaban J connectivity index is 2.77. The highest BCUT2D eigenvalue weighted by atomic mass is 16.5.